The Labute approximate surface area is 133 Å². The number of benzene rings is 1. The van der Waals surface area contributed by atoms with E-state index in [0.717, 1.165) is 12.1 Å². The Morgan fingerprint density at radius 2 is 2.05 bits per heavy atom. The van der Waals surface area contributed by atoms with Crippen LogP contribution in [0.4, 0.5) is 10.5 Å². The van der Waals surface area contributed by atoms with Crippen LogP contribution in [0.3, 0.4) is 0 Å². The maximum absolute atomic E-state index is 11.6. The van der Waals surface area contributed by atoms with Gasteiger partial charge in [-0.2, -0.15) is 8.42 Å². The minimum atomic E-state index is -4.70. The Morgan fingerprint density at radius 3 is 2.55 bits per heavy atom. The molecule has 1 aromatic carbocycles. The normalized spacial score (nSPS) is 13.0. The van der Waals surface area contributed by atoms with Crippen LogP contribution < -0.4 is 11.1 Å². The van der Waals surface area contributed by atoms with Crippen molar-refractivity contribution >= 4 is 33.5 Å². The van der Waals surface area contributed by atoms with Gasteiger partial charge in [-0.05, 0) is 18.1 Å². The van der Waals surface area contributed by atoms with Gasteiger partial charge in [-0.15, -0.1) is 0 Å². The van der Waals surface area contributed by atoms with E-state index in [-0.39, 0.29) is 29.3 Å². The summed E-state index contributed by atoms with van der Waals surface area (Å²) in [5.41, 5.74) is 5.39. The molecule has 0 heterocycles. The number of rotatable bonds is 5. The summed E-state index contributed by atoms with van der Waals surface area (Å²) >= 11 is 5.68. The predicted molar refractivity (Wildman–Crippen MR) is 80.7 cm³/mol. The Hall–Kier alpha value is -1.55. The number of phenolic OH excluding ortho intramolecular Hbond substituents is 1. The van der Waals surface area contributed by atoms with E-state index in [9.17, 15) is 18.3 Å². The third-order valence-corrected chi connectivity index (χ3v) is 3.90. The van der Waals surface area contributed by atoms with Crippen LogP contribution in [0.15, 0.2) is 17.0 Å². The van der Waals surface area contributed by atoms with Crippen molar-refractivity contribution in [2.45, 2.75) is 24.8 Å². The Kier molecular flexibility index (Phi) is 6.00. The first-order valence-electron chi connectivity index (χ1n) is 6.21. The fourth-order valence-corrected chi connectivity index (χ4v) is 2.29. The van der Waals surface area contributed by atoms with Gasteiger partial charge in [0.15, 0.2) is 5.75 Å². The number of carbonyl (C=O) groups is 1. The molecule has 5 N–H and O–H groups in total. The van der Waals surface area contributed by atoms with Gasteiger partial charge in [0.1, 0.15) is 11.5 Å². The molecular formula is C12H17ClN2O6S. The summed E-state index contributed by atoms with van der Waals surface area (Å²) in [6.07, 6.45) is -0.949. The molecule has 0 saturated carbocycles. The molecule has 1 atom stereocenters. The number of nitrogens with one attached hydrogen (secondary N) is 1. The van der Waals surface area contributed by atoms with Crippen LogP contribution in [0, 0.1) is 5.92 Å². The fourth-order valence-electron chi connectivity index (χ4n) is 1.38. The fraction of sp³-hybridized carbons (Fsp3) is 0.417. The number of aromatic hydroxyl groups is 1. The minimum Gasteiger partial charge on any atom is -0.504 e. The lowest BCUT2D eigenvalue weighted by molar-refractivity contribution is 0.146. The molecule has 1 rings (SSSR count). The second-order valence-corrected chi connectivity index (χ2v) is 6.73. The summed E-state index contributed by atoms with van der Waals surface area (Å²) in [6, 6.07) is 1.58. The maximum atomic E-state index is 11.6. The zero-order valence-corrected chi connectivity index (χ0v) is 13.5. The van der Waals surface area contributed by atoms with Gasteiger partial charge < -0.3 is 15.6 Å². The van der Waals surface area contributed by atoms with Gasteiger partial charge in [-0.3, -0.25) is 9.87 Å². The van der Waals surface area contributed by atoms with Crippen LogP contribution in [-0.2, 0) is 14.9 Å². The van der Waals surface area contributed by atoms with Crippen LogP contribution in [0.1, 0.15) is 13.8 Å². The molecule has 0 bridgehead atoms. The van der Waals surface area contributed by atoms with Crippen molar-refractivity contribution in [2.24, 2.45) is 11.7 Å². The molecule has 22 heavy (non-hydrogen) atoms. The highest BCUT2D eigenvalue weighted by Gasteiger charge is 2.21. The molecular weight excluding hydrogens is 336 g/mol. The molecule has 0 fully saturated rings. The molecule has 124 valence electrons. The van der Waals surface area contributed by atoms with Crippen molar-refractivity contribution in [1.82, 2.24) is 0 Å². The number of nitrogens with two attached hydrogens (primary N) is 1. The molecule has 1 amide bonds. The van der Waals surface area contributed by atoms with Crippen LogP contribution in [-0.4, -0.2) is 36.8 Å². The average molecular weight is 353 g/mol. The van der Waals surface area contributed by atoms with Crippen LogP contribution in [0.5, 0.6) is 5.75 Å². The van der Waals surface area contributed by atoms with Gasteiger partial charge in [0.2, 0.25) is 0 Å². The SMILES string of the molecule is CC(C)[C@@H](N)COC(=O)Nc1cc(Cl)cc(S(=O)(=O)O)c1O. The second-order valence-electron chi connectivity index (χ2n) is 4.91. The number of hydrogen-bond acceptors (Lipinski definition) is 6. The number of carbonyl (C=O) groups excluding carboxylic acids is 1. The largest absolute Gasteiger partial charge is 0.504 e. The molecule has 0 aliphatic heterocycles. The van der Waals surface area contributed by atoms with Gasteiger partial charge in [-0.25, -0.2) is 4.79 Å². The molecule has 8 nitrogen and oxygen atoms in total. The number of anilines is 1. The van der Waals surface area contributed by atoms with E-state index in [1.54, 1.807) is 0 Å². The molecule has 0 unspecified atom stereocenters. The zero-order valence-electron chi connectivity index (χ0n) is 11.9. The number of ether oxygens (including phenoxy) is 1. The number of hydrogen-bond donors (Lipinski definition) is 4. The highest BCUT2D eigenvalue weighted by atomic mass is 35.5. The van der Waals surface area contributed by atoms with Crippen molar-refractivity contribution in [3.05, 3.63) is 17.2 Å². The summed E-state index contributed by atoms with van der Waals surface area (Å²) < 4.78 is 36.1. The van der Waals surface area contributed by atoms with Crippen molar-refractivity contribution in [2.75, 3.05) is 11.9 Å². The van der Waals surface area contributed by atoms with E-state index >= 15 is 0 Å². The second kappa shape index (κ2) is 7.14. The molecule has 0 aromatic heterocycles. The minimum absolute atomic E-state index is 0.0595. The molecule has 1 aromatic rings. The zero-order chi connectivity index (χ0) is 17.1. The summed E-state index contributed by atoms with van der Waals surface area (Å²) in [6.45, 7) is 3.65. The Morgan fingerprint density at radius 1 is 1.45 bits per heavy atom. The van der Waals surface area contributed by atoms with Gasteiger partial charge >= 0.3 is 6.09 Å². The number of phenols is 1. The van der Waals surface area contributed by atoms with E-state index in [1.807, 2.05) is 13.8 Å². The summed E-state index contributed by atoms with van der Waals surface area (Å²) in [7, 11) is -4.70. The monoisotopic (exact) mass is 352 g/mol. The molecule has 0 aliphatic carbocycles. The first-order chi connectivity index (χ1) is 10.0. The highest BCUT2D eigenvalue weighted by Crippen LogP contribution is 2.34. The Balaban J connectivity index is 2.90. The van der Waals surface area contributed by atoms with Crippen LogP contribution >= 0.6 is 11.6 Å². The standard InChI is InChI=1S/C12H17ClN2O6S/c1-6(2)8(14)5-21-12(17)15-9-3-7(13)4-10(11(9)16)22(18,19)20/h3-4,6,8,16H,5,14H2,1-2H3,(H,15,17)(H,18,19,20)/t8-/m0/s1. The van der Waals surface area contributed by atoms with E-state index in [0.29, 0.717) is 0 Å². The topological polar surface area (TPSA) is 139 Å². The molecule has 0 spiro atoms. The van der Waals surface area contributed by atoms with E-state index in [4.69, 9.17) is 26.6 Å². The quantitative estimate of drug-likeness (QED) is 0.468. The van der Waals surface area contributed by atoms with Crippen molar-refractivity contribution in [3.63, 3.8) is 0 Å². The van der Waals surface area contributed by atoms with Crippen molar-refractivity contribution in [1.29, 1.82) is 0 Å². The third-order valence-electron chi connectivity index (χ3n) is 2.82. The van der Waals surface area contributed by atoms with Crippen LogP contribution in [0.25, 0.3) is 0 Å². The lowest BCUT2D eigenvalue weighted by Crippen LogP contribution is -2.33. The first-order valence-corrected chi connectivity index (χ1v) is 8.03. The predicted octanol–water partition coefficient (Wildman–Crippen LogP) is 1.82. The molecule has 10 heteroatoms. The van der Waals surface area contributed by atoms with Crippen molar-refractivity contribution < 1.29 is 27.6 Å². The van der Waals surface area contributed by atoms with Gasteiger partial charge in [-0.1, -0.05) is 25.4 Å². The van der Waals surface area contributed by atoms with Gasteiger partial charge in [0.05, 0.1) is 5.69 Å². The summed E-state index contributed by atoms with van der Waals surface area (Å²) in [5.74, 6) is -0.754. The average Bonchev–Trinajstić information content (AvgIpc) is 2.38. The van der Waals surface area contributed by atoms with E-state index < -0.39 is 26.9 Å². The van der Waals surface area contributed by atoms with Gasteiger partial charge in [0, 0.05) is 11.1 Å². The first kappa shape index (κ1) is 18.5. The smallest absolute Gasteiger partial charge is 0.411 e. The maximum Gasteiger partial charge on any atom is 0.411 e. The highest BCUT2D eigenvalue weighted by molar-refractivity contribution is 7.86. The molecule has 0 radical (unpaired) electrons. The molecule has 0 saturated heterocycles. The van der Waals surface area contributed by atoms with Crippen molar-refractivity contribution in [3.8, 4) is 5.75 Å². The van der Waals surface area contributed by atoms with E-state index in [1.165, 1.54) is 0 Å². The number of amides is 1. The molecule has 0 aliphatic rings. The van der Waals surface area contributed by atoms with Crippen LogP contribution in [0.2, 0.25) is 5.02 Å². The third kappa shape index (κ3) is 5.02. The summed E-state index contributed by atoms with van der Waals surface area (Å²) in [4.78, 5) is 10.8. The lowest BCUT2D eigenvalue weighted by atomic mass is 10.1. The van der Waals surface area contributed by atoms with Gasteiger partial charge in [0.25, 0.3) is 10.1 Å². The Bertz CT molecular complexity index is 662. The number of halogens is 1. The lowest BCUT2D eigenvalue weighted by Gasteiger charge is -2.16. The summed E-state index contributed by atoms with van der Waals surface area (Å²) in [5, 5.41) is 11.8. The van der Waals surface area contributed by atoms with E-state index in [2.05, 4.69) is 5.32 Å².